The van der Waals surface area contributed by atoms with Crippen LogP contribution < -0.4 is 24.3 Å². The molecule has 1 atom stereocenters. The van der Waals surface area contributed by atoms with Crippen molar-refractivity contribution < 1.29 is 33.3 Å². The molecule has 1 amide bonds. The lowest BCUT2D eigenvalue weighted by molar-refractivity contribution is -0.123. The van der Waals surface area contributed by atoms with Gasteiger partial charge in [0.1, 0.15) is 30.3 Å². The summed E-state index contributed by atoms with van der Waals surface area (Å²) in [5.41, 5.74) is 0.710. The Bertz CT molecular complexity index is 881. The van der Waals surface area contributed by atoms with Gasteiger partial charge in [-0.1, -0.05) is 0 Å². The van der Waals surface area contributed by atoms with Crippen LogP contribution in [0.1, 0.15) is 17.3 Å². The van der Waals surface area contributed by atoms with Crippen LogP contribution in [0, 0.1) is 0 Å². The van der Waals surface area contributed by atoms with E-state index in [4.69, 9.17) is 23.7 Å². The van der Waals surface area contributed by atoms with E-state index in [0.717, 1.165) is 0 Å². The molecule has 148 valence electrons. The number of benzene rings is 2. The van der Waals surface area contributed by atoms with Gasteiger partial charge in [-0.2, -0.15) is 0 Å². The average Bonchev–Trinajstić information content (AvgIpc) is 2.72. The Morgan fingerprint density at radius 1 is 1.00 bits per heavy atom. The molecule has 1 aliphatic heterocycles. The molecule has 0 radical (unpaired) electrons. The van der Waals surface area contributed by atoms with Crippen molar-refractivity contribution in [3.8, 4) is 23.0 Å². The normalized spacial score (nSPS) is 13.2. The molecule has 1 N–H and O–H groups in total. The minimum Gasteiger partial charge on any atom is -0.497 e. The van der Waals surface area contributed by atoms with Gasteiger partial charge < -0.3 is 29.0 Å². The van der Waals surface area contributed by atoms with Crippen molar-refractivity contribution in [3.05, 3.63) is 42.0 Å². The van der Waals surface area contributed by atoms with E-state index in [1.165, 1.54) is 27.2 Å². The molecule has 0 fully saturated rings. The van der Waals surface area contributed by atoms with E-state index >= 15 is 0 Å². The standard InChI is InChI=1S/C20H21NO7/c1-12(28-20(23)15-6-5-14(24-2)11-17(15)25-3)19(22)21-13-4-7-16-18(10-13)27-9-8-26-16/h4-7,10-12H,8-9H2,1-3H3,(H,21,22)/t12-/m1/s1. The minimum atomic E-state index is -1.02. The molecular formula is C20H21NO7. The van der Waals surface area contributed by atoms with Gasteiger partial charge in [0.15, 0.2) is 17.6 Å². The Morgan fingerprint density at radius 2 is 1.75 bits per heavy atom. The van der Waals surface area contributed by atoms with Gasteiger partial charge in [-0.25, -0.2) is 4.79 Å². The third-order valence-electron chi connectivity index (χ3n) is 4.09. The maximum Gasteiger partial charge on any atom is 0.342 e. The van der Waals surface area contributed by atoms with Gasteiger partial charge in [0, 0.05) is 17.8 Å². The van der Waals surface area contributed by atoms with E-state index in [9.17, 15) is 9.59 Å². The highest BCUT2D eigenvalue weighted by molar-refractivity contribution is 5.98. The van der Waals surface area contributed by atoms with Crippen molar-refractivity contribution in [2.45, 2.75) is 13.0 Å². The van der Waals surface area contributed by atoms with Crippen LogP contribution in [0.15, 0.2) is 36.4 Å². The molecule has 8 nitrogen and oxygen atoms in total. The van der Waals surface area contributed by atoms with Gasteiger partial charge in [-0.05, 0) is 31.2 Å². The van der Waals surface area contributed by atoms with Crippen LogP contribution in [0.4, 0.5) is 5.69 Å². The van der Waals surface area contributed by atoms with E-state index < -0.39 is 18.0 Å². The van der Waals surface area contributed by atoms with Crippen molar-refractivity contribution in [1.82, 2.24) is 0 Å². The number of hydrogen-bond donors (Lipinski definition) is 1. The number of esters is 1. The van der Waals surface area contributed by atoms with Gasteiger partial charge in [0.25, 0.3) is 5.91 Å². The van der Waals surface area contributed by atoms with Gasteiger partial charge in [-0.3, -0.25) is 4.79 Å². The number of rotatable bonds is 6. The van der Waals surface area contributed by atoms with Crippen LogP contribution in [-0.4, -0.2) is 45.4 Å². The second-order valence-electron chi connectivity index (χ2n) is 5.96. The van der Waals surface area contributed by atoms with Crippen molar-refractivity contribution in [2.75, 3.05) is 32.8 Å². The SMILES string of the molecule is COc1ccc(C(=O)O[C@H](C)C(=O)Nc2ccc3c(c2)OCCO3)c(OC)c1. The zero-order valence-corrected chi connectivity index (χ0v) is 15.8. The van der Waals surface area contributed by atoms with Crippen molar-refractivity contribution in [2.24, 2.45) is 0 Å². The highest BCUT2D eigenvalue weighted by atomic mass is 16.6. The smallest absolute Gasteiger partial charge is 0.342 e. The summed E-state index contributed by atoms with van der Waals surface area (Å²) in [7, 11) is 2.95. The van der Waals surface area contributed by atoms with Crippen LogP contribution in [0.25, 0.3) is 0 Å². The molecule has 0 spiro atoms. The molecule has 3 rings (SSSR count). The second kappa shape index (κ2) is 8.51. The fourth-order valence-electron chi connectivity index (χ4n) is 2.61. The fourth-order valence-corrected chi connectivity index (χ4v) is 2.61. The number of methoxy groups -OCH3 is 2. The lowest BCUT2D eigenvalue weighted by Crippen LogP contribution is -2.30. The van der Waals surface area contributed by atoms with Crippen LogP contribution in [0.3, 0.4) is 0 Å². The lowest BCUT2D eigenvalue weighted by Gasteiger charge is -2.19. The van der Waals surface area contributed by atoms with Gasteiger partial charge in [0.05, 0.1) is 14.2 Å². The van der Waals surface area contributed by atoms with Crippen LogP contribution in [0.2, 0.25) is 0 Å². The first-order valence-corrected chi connectivity index (χ1v) is 8.65. The van der Waals surface area contributed by atoms with Crippen LogP contribution >= 0.6 is 0 Å². The summed E-state index contributed by atoms with van der Waals surface area (Å²) >= 11 is 0. The maximum absolute atomic E-state index is 12.4. The highest BCUT2D eigenvalue weighted by Crippen LogP contribution is 2.32. The molecule has 0 unspecified atom stereocenters. The van der Waals surface area contributed by atoms with Crippen molar-refractivity contribution in [1.29, 1.82) is 0 Å². The highest BCUT2D eigenvalue weighted by Gasteiger charge is 2.22. The van der Waals surface area contributed by atoms with Gasteiger partial charge in [0.2, 0.25) is 0 Å². The Kier molecular flexibility index (Phi) is 5.88. The summed E-state index contributed by atoms with van der Waals surface area (Å²) in [4.78, 5) is 24.8. The summed E-state index contributed by atoms with van der Waals surface area (Å²) < 4.78 is 26.5. The number of hydrogen-bond acceptors (Lipinski definition) is 7. The van der Waals surface area contributed by atoms with Crippen LogP contribution in [0.5, 0.6) is 23.0 Å². The predicted molar refractivity (Wildman–Crippen MR) is 100 cm³/mol. The third kappa shape index (κ3) is 4.28. The summed E-state index contributed by atoms with van der Waals surface area (Å²) in [6.45, 7) is 2.42. The summed E-state index contributed by atoms with van der Waals surface area (Å²) in [5, 5.41) is 2.69. The lowest BCUT2D eigenvalue weighted by atomic mass is 10.2. The molecule has 1 aliphatic rings. The first-order valence-electron chi connectivity index (χ1n) is 8.65. The van der Waals surface area contributed by atoms with Crippen LogP contribution in [-0.2, 0) is 9.53 Å². The number of carbonyl (C=O) groups is 2. The summed E-state index contributed by atoms with van der Waals surface area (Å²) in [6, 6.07) is 9.75. The molecule has 0 saturated carbocycles. The molecule has 0 saturated heterocycles. The minimum absolute atomic E-state index is 0.197. The number of amides is 1. The number of nitrogens with one attached hydrogen (secondary N) is 1. The Labute approximate surface area is 162 Å². The predicted octanol–water partition coefficient (Wildman–Crippen LogP) is 2.66. The van der Waals surface area contributed by atoms with Crippen molar-refractivity contribution in [3.63, 3.8) is 0 Å². The maximum atomic E-state index is 12.4. The Balaban J connectivity index is 1.65. The molecule has 0 bridgehead atoms. The first-order chi connectivity index (χ1) is 13.5. The largest absolute Gasteiger partial charge is 0.497 e. The summed E-state index contributed by atoms with van der Waals surface area (Å²) in [6.07, 6.45) is -1.02. The Hall–Kier alpha value is -3.42. The zero-order chi connectivity index (χ0) is 20.1. The zero-order valence-electron chi connectivity index (χ0n) is 15.8. The number of ether oxygens (including phenoxy) is 5. The molecule has 2 aromatic rings. The number of carbonyl (C=O) groups excluding carboxylic acids is 2. The molecule has 2 aromatic carbocycles. The number of anilines is 1. The van der Waals surface area contributed by atoms with Gasteiger partial charge >= 0.3 is 5.97 Å². The monoisotopic (exact) mass is 387 g/mol. The molecule has 1 heterocycles. The summed E-state index contributed by atoms with van der Waals surface area (Å²) in [5.74, 6) is 0.857. The quantitative estimate of drug-likeness (QED) is 0.762. The van der Waals surface area contributed by atoms with E-state index in [-0.39, 0.29) is 5.56 Å². The number of fused-ring (bicyclic) bond motifs is 1. The average molecular weight is 387 g/mol. The second-order valence-corrected chi connectivity index (χ2v) is 5.96. The Morgan fingerprint density at radius 3 is 2.46 bits per heavy atom. The van der Waals surface area contributed by atoms with E-state index in [1.807, 2.05) is 0 Å². The first kappa shape index (κ1) is 19.3. The fraction of sp³-hybridized carbons (Fsp3) is 0.300. The molecule has 28 heavy (non-hydrogen) atoms. The topological polar surface area (TPSA) is 92.3 Å². The van der Waals surface area contributed by atoms with E-state index in [2.05, 4.69) is 5.32 Å². The molecular weight excluding hydrogens is 366 g/mol. The molecule has 0 aromatic heterocycles. The van der Waals surface area contributed by atoms with Gasteiger partial charge in [-0.15, -0.1) is 0 Å². The van der Waals surface area contributed by atoms with Crippen molar-refractivity contribution >= 4 is 17.6 Å². The van der Waals surface area contributed by atoms with E-state index in [1.54, 1.807) is 30.3 Å². The van der Waals surface area contributed by atoms with E-state index in [0.29, 0.717) is 41.9 Å². The third-order valence-corrected chi connectivity index (χ3v) is 4.09. The molecule has 8 heteroatoms. The molecule has 0 aliphatic carbocycles.